The van der Waals surface area contributed by atoms with Crippen LogP contribution in [0, 0.1) is 5.92 Å². The van der Waals surface area contributed by atoms with E-state index in [0.717, 1.165) is 45.1 Å². The van der Waals surface area contributed by atoms with Crippen LogP contribution >= 0.6 is 0 Å². The van der Waals surface area contributed by atoms with Gasteiger partial charge in [0, 0.05) is 12.6 Å². The van der Waals surface area contributed by atoms with E-state index in [9.17, 15) is 4.79 Å². The molecule has 92 valence electrons. The summed E-state index contributed by atoms with van der Waals surface area (Å²) in [6.45, 7) is 1.49. The minimum absolute atomic E-state index is 0.0238. The molecule has 16 heavy (non-hydrogen) atoms. The number of nitrogens with two attached hydrogens (primary N) is 1. The minimum atomic E-state index is 0.0238. The van der Waals surface area contributed by atoms with Crippen LogP contribution in [0.4, 0.5) is 0 Å². The van der Waals surface area contributed by atoms with Crippen molar-refractivity contribution in [2.24, 2.45) is 11.7 Å². The summed E-state index contributed by atoms with van der Waals surface area (Å²) in [5, 5.41) is 3.08. The minimum Gasteiger partial charge on any atom is -0.379 e. The number of rotatable bonds is 2. The van der Waals surface area contributed by atoms with Crippen molar-refractivity contribution in [3.05, 3.63) is 0 Å². The lowest BCUT2D eigenvalue weighted by Crippen LogP contribution is -2.48. The molecule has 0 aromatic heterocycles. The van der Waals surface area contributed by atoms with Gasteiger partial charge in [-0.05, 0) is 25.7 Å². The quantitative estimate of drug-likeness (QED) is 0.732. The Kier molecular flexibility index (Phi) is 4.18. The number of nitrogens with one attached hydrogen (secondary N) is 1. The van der Waals surface area contributed by atoms with Crippen LogP contribution in [0.25, 0.3) is 0 Å². The molecule has 2 aliphatic rings. The number of carbonyl (C=O) groups is 1. The molecular weight excluding hydrogens is 204 g/mol. The van der Waals surface area contributed by atoms with Crippen molar-refractivity contribution in [1.82, 2.24) is 5.32 Å². The standard InChI is InChI=1S/C12H22N2O2/c13-11-6-2-1-5-10(11)12(15)14-9-4-3-7-16-8-9/h9-11H,1-8,13H2,(H,14,15). The van der Waals surface area contributed by atoms with Gasteiger partial charge in [0.2, 0.25) is 5.91 Å². The Hall–Kier alpha value is -0.610. The van der Waals surface area contributed by atoms with E-state index in [-0.39, 0.29) is 23.9 Å². The van der Waals surface area contributed by atoms with Gasteiger partial charge in [-0.1, -0.05) is 12.8 Å². The number of amides is 1. The van der Waals surface area contributed by atoms with Gasteiger partial charge in [-0.2, -0.15) is 0 Å². The molecule has 1 saturated carbocycles. The van der Waals surface area contributed by atoms with Crippen LogP contribution in [0.1, 0.15) is 38.5 Å². The topological polar surface area (TPSA) is 64.4 Å². The lowest BCUT2D eigenvalue weighted by molar-refractivity contribution is -0.128. The normalized spacial score (nSPS) is 35.7. The van der Waals surface area contributed by atoms with Crippen molar-refractivity contribution in [2.45, 2.75) is 50.6 Å². The number of hydrogen-bond acceptors (Lipinski definition) is 3. The molecule has 0 aromatic carbocycles. The predicted octanol–water partition coefficient (Wildman–Crippen LogP) is 0.799. The molecule has 0 spiro atoms. The Balaban J connectivity index is 1.81. The largest absolute Gasteiger partial charge is 0.379 e. The zero-order chi connectivity index (χ0) is 11.4. The van der Waals surface area contributed by atoms with Crippen LogP contribution in [0.3, 0.4) is 0 Å². The van der Waals surface area contributed by atoms with E-state index >= 15 is 0 Å². The summed E-state index contributed by atoms with van der Waals surface area (Å²) in [6, 6.07) is 0.258. The first-order chi connectivity index (χ1) is 7.77. The number of carbonyl (C=O) groups excluding carboxylic acids is 1. The van der Waals surface area contributed by atoms with Crippen LogP contribution in [-0.2, 0) is 9.53 Å². The van der Waals surface area contributed by atoms with Crippen LogP contribution in [-0.4, -0.2) is 31.2 Å². The fourth-order valence-corrected chi connectivity index (χ4v) is 2.65. The molecule has 0 radical (unpaired) electrons. The average Bonchev–Trinajstić information content (AvgIpc) is 2.31. The molecule has 3 N–H and O–H groups in total. The summed E-state index contributed by atoms with van der Waals surface area (Å²) in [5.74, 6) is 0.165. The van der Waals surface area contributed by atoms with Gasteiger partial charge in [0.15, 0.2) is 0 Å². The molecule has 3 unspecified atom stereocenters. The molecule has 2 fully saturated rings. The van der Waals surface area contributed by atoms with E-state index in [0.29, 0.717) is 6.61 Å². The molecule has 2 rings (SSSR count). The average molecular weight is 226 g/mol. The predicted molar refractivity (Wildman–Crippen MR) is 61.9 cm³/mol. The molecule has 4 heteroatoms. The molecule has 4 nitrogen and oxygen atoms in total. The smallest absolute Gasteiger partial charge is 0.224 e. The zero-order valence-corrected chi connectivity index (χ0v) is 9.78. The molecule has 1 heterocycles. The van der Waals surface area contributed by atoms with E-state index in [1.807, 2.05) is 0 Å². The van der Waals surface area contributed by atoms with Gasteiger partial charge in [0.05, 0.1) is 18.6 Å². The molecule has 0 aromatic rings. The van der Waals surface area contributed by atoms with Crippen molar-refractivity contribution in [2.75, 3.05) is 13.2 Å². The molecule has 3 atom stereocenters. The highest BCUT2D eigenvalue weighted by molar-refractivity contribution is 5.79. The van der Waals surface area contributed by atoms with Gasteiger partial charge in [0.1, 0.15) is 0 Å². The summed E-state index contributed by atoms with van der Waals surface area (Å²) in [7, 11) is 0. The van der Waals surface area contributed by atoms with Crippen molar-refractivity contribution in [3.8, 4) is 0 Å². The summed E-state index contributed by atoms with van der Waals surface area (Å²) >= 11 is 0. The third-order valence-corrected chi connectivity index (χ3v) is 3.66. The third-order valence-electron chi connectivity index (χ3n) is 3.66. The van der Waals surface area contributed by atoms with E-state index in [2.05, 4.69) is 5.32 Å². The fourth-order valence-electron chi connectivity index (χ4n) is 2.65. The first-order valence-corrected chi connectivity index (χ1v) is 6.41. The first kappa shape index (κ1) is 11.9. The van der Waals surface area contributed by atoms with Gasteiger partial charge in [0.25, 0.3) is 0 Å². The SMILES string of the molecule is NC1CCCCC1C(=O)NC1CCCOC1. The highest BCUT2D eigenvalue weighted by atomic mass is 16.5. The maximum Gasteiger partial charge on any atom is 0.224 e. The zero-order valence-electron chi connectivity index (χ0n) is 9.78. The summed E-state index contributed by atoms with van der Waals surface area (Å²) in [6.07, 6.45) is 6.31. The van der Waals surface area contributed by atoms with E-state index < -0.39 is 0 Å². The van der Waals surface area contributed by atoms with Crippen LogP contribution in [0.2, 0.25) is 0 Å². The Labute approximate surface area is 96.9 Å². The van der Waals surface area contributed by atoms with Crippen molar-refractivity contribution < 1.29 is 9.53 Å². The highest BCUT2D eigenvalue weighted by Crippen LogP contribution is 2.23. The molecule has 1 amide bonds. The fraction of sp³-hybridized carbons (Fsp3) is 0.917. The van der Waals surface area contributed by atoms with Gasteiger partial charge >= 0.3 is 0 Å². The second-order valence-corrected chi connectivity index (χ2v) is 4.98. The Bertz CT molecular complexity index is 239. The van der Waals surface area contributed by atoms with Gasteiger partial charge in [-0.25, -0.2) is 0 Å². The number of hydrogen-bond donors (Lipinski definition) is 2. The summed E-state index contributed by atoms with van der Waals surface area (Å²) in [5.41, 5.74) is 5.99. The second-order valence-electron chi connectivity index (χ2n) is 4.98. The summed E-state index contributed by atoms with van der Waals surface area (Å²) in [4.78, 5) is 12.0. The monoisotopic (exact) mass is 226 g/mol. The maximum atomic E-state index is 12.0. The van der Waals surface area contributed by atoms with Crippen LogP contribution < -0.4 is 11.1 Å². The highest BCUT2D eigenvalue weighted by Gasteiger charge is 2.29. The van der Waals surface area contributed by atoms with Crippen molar-refractivity contribution in [1.29, 1.82) is 0 Å². The Morgan fingerprint density at radius 3 is 2.69 bits per heavy atom. The first-order valence-electron chi connectivity index (χ1n) is 6.41. The maximum absolute atomic E-state index is 12.0. The Morgan fingerprint density at radius 1 is 1.19 bits per heavy atom. The molecule has 1 aliphatic heterocycles. The molecular formula is C12H22N2O2. The van der Waals surface area contributed by atoms with Crippen molar-refractivity contribution >= 4 is 5.91 Å². The van der Waals surface area contributed by atoms with E-state index in [4.69, 9.17) is 10.5 Å². The second kappa shape index (κ2) is 5.64. The number of ether oxygens (including phenoxy) is 1. The van der Waals surface area contributed by atoms with Gasteiger partial charge in [-0.3, -0.25) is 4.79 Å². The molecule has 1 saturated heterocycles. The lowest BCUT2D eigenvalue weighted by atomic mass is 9.84. The molecule has 1 aliphatic carbocycles. The van der Waals surface area contributed by atoms with Crippen LogP contribution in [0.15, 0.2) is 0 Å². The van der Waals surface area contributed by atoms with Crippen LogP contribution in [0.5, 0.6) is 0 Å². The molecule has 0 bridgehead atoms. The van der Waals surface area contributed by atoms with Crippen molar-refractivity contribution in [3.63, 3.8) is 0 Å². The van der Waals surface area contributed by atoms with E-state index in [1.165, 1.54) is 0 Å². The van der Waals surface area contributed by atoms with Gasteiger partial charge in [-0.15, -0.1) is 0 Å². The van der Waals surface area contributed by atoms with E-state index in [1.54, 1.807) is 0 Å². The summed E-state index contributed by atoms with van der Waals surface area (Å²) < 4.78 is 5.35. The van der Waals surface area contributed by atoms with Gasteiger partial charge < -0.3 is 15.8 Å². The lowest BCUT2D eigenvalue weighted by Gasteiger charge is -2.30. The Morgan fingerprint density at radius 2 is 2.00 bits per heavy atom. The third kappa shape index (κ3) is 2.95.